The monoisotopic (exact) mass is 315 g/mol. The molecule has 0 saturated carbocycles. The minimum Gasteiger partial charge on any atom is -0.356 e. The predicted molar refractivity (Wildman–Crippen MR) is 84.2 cm³/mol. The standard InChI is InChI=1S/C16H21N5O2/c1-2-18-16(22)13-6-4-8-21(10-13)11-14-19-15(20-23-14)12-5-3-7-17-9-12/h3,5,7,9,13H,2,4,6,8,10-11H2,1H3,(H,18,22). The van der Waals surface area contributed by atoms with Gasteiger partial charge in [0.15, 0.2) is 0 Å². The van der Waals surface area contributed by atoms with Gasteiger partial charge in [0.2, 0.25) is 17.6 Å². The van der Waals surface area contributed by atoms with E-state index < -0.39 is 0 Å². The molecule has 7 heteroatoms. The highest BCUT2D eigenvalue weighted by molar-refractivity contribution is 5.78. The molecular formula is C16H21N5O2. The van der Waals surface area contributed by atoms with E-state index in [1.54, 1.807) is 12.4 Å². The highest BCUT2D eigenvalue weighted by Gasteiger charge is 2.26. The van der Waals surface area contributed by atoms with Crippen LogP contribution in [0.4, 0.5) is 0 Å². The van der Waals surface area contributed by atoms with Crippen molar-refractivity contribution in [3.63, 3.8) is 0 Å². The molecule has 23 heavy (non-hydrogen) atoms. The van der Waals surface area contributed by atoms with E-state index in [-0.39, 0.29) is 11.8 Å². The summed E-state index contributed by atoms with van der Waals surface area (Å²) in [6.07, 6.45) is 5.36. The number of piperidine rings is 1. The smallest absolute Gasteiger partial charge is 0.241 e. The van der Waals surface area contributed by atoms with Crippen molar-refractivity contribution < 1.29 is 9.32 Å². The SMILES string of the molecule is CCNC(=O)C1CCCN(Cc2nc(-c3cccnc3)no2)C1. The summed E-state index contributed by atoms with van der Waals surface area (Å²) in [5.74, 6) is 1.30. The molecule has 1 unspecified atom stereocenters. The van der Waals surface area contributed by atoms with Gasteiger partial charge in [-0.25, -0.2) is 0 Å². The zero-order valence-corrected chi connectivity index (χ0v) is 13.2. The van der Waals surface area contributed by atoms with Gasteiger partial charge in [-0.05, 0) is 38.4 Å². The topological polar surface area (TPSA) is 84.2 Å². The van der Waals surface area contributed by atoms with E-state index in [2.05, 4.69) is 25.3 Å². The number of amides is 1. The zero-order valence-electron chi connectivity index (χ0n) is 13.2. The van der Waals surface area contributed by atoms with Crippen LogP contribution in [-0.4, -0.2) is 45.6 Å². The number of nitrogens with one attached hydrogen (secondary N) is 1. The summed E-state index contributed by atoms with van der Waals surface area (Å²) in [6.45, 7) is 4.87. The van der Waals surface area contributed by atoms with Crippen molar-refractivity contribution in [3.05, 3.63) is 30.4 Å². The molecule has 7 nitrogen and oxygen atoms in total. The van der Waals surface area contributed by atoms with Crippen LogP contribution in [0.2, 0.25) is 0 Å². The molecule has 0 aliphatic carbocycles. The van der Waals surface area contributed by atoms with Crippen LogP contribution in [-0.2, 0) is 11.3 Å². The average Bonchev–Trinajstić information content (AvgIpc) is 3.05. The second-order valence-electron chi connectivity index (χ2n) is 5.72. The largest absolute Gasteiger partial charge is 0.356 e. The highest BCUT2D eigenvalue weighted by Crippen LogP contribution is 2.20. The number of rotatable bonds is 5. The van der Waals surface area contributed by atoms with Crippen LogP contribution in [0, 0.1) is 5.92 Å². The lowest BCUT2D eigenvalue weighted by Gasteiger charge is -2.30. The molecular weight excluding hydrogens is 294 g/mol. The zero-order chi connectivity index (χ0) is 16.1. The molecule has 1 N–H and O–H groups in total. The lowest BCUT2D eigenvalue weighted by atomic mass is 9.97. The van der Waals surface area contributed by atoms with E-state index in [4.69, 9.17) is 4.52 Å². The Morgan fingerprint density at radius 3 is 3.22 bits per heavy atom. The Balaban J connectivity index is 1.61. The second kappa shape index (κ2) is 7.32. The first-order chi connectivity index (χ1) is 11.3. The number of likely N-dealkylation sites (tertiary alicyclic amines) is 1. The number of carbonyl (C=O) groups is 1. The fraction of sp³-hybridized carbons (Fsp3) is 0.500. The number of nitrogens with zero attached hydrogens (tertiary/aromatic N) is 4. The molecule has 0 radical (unpaired) electrons. The normalized spacial score (nSPS) is 18.7. The van der Waals surface area contributed by atoms with Gasteiger partial charge in [0, 0.05) is 31.0 Å². The van der Waals surface area contributed by atoms with Gasteiger partial charge < -0.3 is 9.84 Å². The third kappa shape index (κ3) is 3.92. The molecule has 1 fully saturated rings. The van der Waals surface area contributed by atoms with Crippen molar-refractivity contribution >= 4 is 5.91 Å². The van der Waals surface area contributed by atoms with Crippen molar-refractivity contribution in [2.45, 2.75) is 26.3 Å². The minimum absolute atomic E-state index is 0.0458. The maximum atomic E-state index is 12.0. The van der Waals surface area contributed by atoms with Crippen molar-refractivity contribution in [1.82, 2.24) is 25.3 Å². The quantitative estimate of drug-likeness (QED) is 0.899. The van der Waals surface area contributed by atoms with E-state index in [1.807, 2.05) is 19.1 Å². The third-order valence-corrected chi connectivity index (χ3v) is 3.97. The molecule has 3 heterocycles. The first-order valence-corrected chi connectivity index (χ1v) is 7.99. The van der Waals surface area contributed by atoms with Crippen LogP contribution in [0.15, 0.2) is 29.0 Å². The lowest BCUT2D eigenvalue weighted by molar-refractivity contribution is -0.126. The van der Waals surface area contributed by atoms with Gasteiger partial charge in [-0.1, -0.05) is 5.16 Å². The molecule has 0 bridgehead atoms. The number of carbonyl (C=O) groups excluding carboxylic acids is 1. The van der Waals surface area contributed by atoms with Crippen molar-refractivity contribution in [2.75, 3.05) is 19.6 Å². The third-order valence-electron chi connectivity index (χ3n) is 3.97. The maximum absolute atomic E-state index is 12.0. The Morgan fingerprint density at radius 1 is 1.52 bits per heavy atom. The number of aromatic nitrogens is 3. The first kappa shape index (κ1) is 15.6. The van der Waals surface area contributed by atoms with Crippen LogP contribution in [0.25, 0.3) is 11.4 Å². The molecule has 1 atom stereocenters. The summed E-state index contributed by atoms with van der Waals surface area (Å²) in [5, 5.41) is 6.90. The predicted octanol–water partition coefficient (Wildman–Crippen LogP) is 1.48. The summed E-state index contributed by atoms with van der Waals surface area (Å²) in [6, 6.07) is 3.74. The molecule has 2 aromatic heterocycles. The Labute approximate surface area is 135 Å². The summed E-state index contributed by atoms with van der Waals surface area (Å²) in [5.41, 5.74) is 0.835. The van der Waals surface area contributed by atoms with Gasteiger partial charge in [0.05, 0.1) is 12.5 Å². The molecule has 2 aromatic rings. The van der Waals surface area contributed by atoms with E-state index >= 15 is 0 Å². The second-order valence-corrected chi connectivity index (χ2v) is 5.72. The highest BCUT2D eigenvalue weighted by atomic mass is 16.5. The Morgan fingerprint density at radius 2 is 2.43 bits per heavy atom. The Hall–Kier alpha value is -2.28. The van der Waals surface area contributed by atoms with Gasteiger partial charge in [-0.2, -0.15) is 4.98 Å². The molecule has 3 rings (SSSR count). The fourth-order valence-electron chi connectivity index (χ4n) is 2.85. The molecule has 122 valence electrons. The first-order valence-electron chi connectivity index (χ1n) is 7.99. The maximum Gasteiger partial charge on any atom is 0.241 e. The van der Waals surface area contributed by atoms with Gasteiger partial charge in [0.25, 0.3) is 0 Å². The van der Waals surface area contributed by atoms with Gasteiger partial charge >= 0.3 is 0 Å². The van der Waals surface area contributed by atoms with Crippen LogP contribution in [0.5, 0.6) is 0 Å². The summed E-state index contributed by atoms with van der Waals surface area (Å²) in [7, 11) is 0. The van der Waals surface area contributed by atoms with Crippen LogP contribution < -0.4 is 5.32 Å². The fourth-order valence-corrected chi connectivity index (χ4v) is 2.85. The molecule has 1 aliphatic rings. The lowest BCUT2D eigenvalue weighted by Crippen LogP contribution is -2.42. The van der Waals surface area contributed by atoms with Crippen LogP contribution >= 0.6 is 0 Å². The van der Waals surface area contributed by atoms with Crippen LogP contribution in [0.1, 0.15) is 25.7 Å². The Bertz CT molecular complexity index is 643. The van der Waals surface area contributed by atoms with Crippen molar-refractivity contribution in [2.24, 2.45) is 5.92 Å². The van der Waals surface area contributed by atoms with Gasteiger partial charge in [-0.3, -0.25) is 14.7 Å². The molecule has 0 spiro atoms. The molecule has 1 amide bonds. The molecule has 1 saturated heterocycles. The summed E-state index contributed by atoms with van der Waals surface area (Å²) in [4.78, 5) is 22.7. The van der Waals surface area contributed by atoms with E-state index in [0.717, 1.165) is 31.5 Å². The number of hydrogen-bond donors (Lipinski definition) is 1. The van der Waals surface area contributed by atoms with Crippen molar-refractivity contribution in [3.8, 4) is 11.4 Å². The Kier molecular flexibility index (Phi) is 4.97. The number of pyridine rings is 1. The summed E-state index contributed by atoms with van der Waals surface area (Å²) < 4.78 is 5.33. The van der Waals surface area contributed by atoms with E-state index in [1.165, 1.54) is 0 Å². The minimum atomic E-state index is 0.0458. The van der Waals surface area contributed by atoms with Gasteiger partial charge in [-0.15, -0.1) is 0 Å². The molecule has 0 aromatic carbocycles. The molecule has 1 aliphatic heterocycles. The summed E-state index contributed by atoms with van der Waals surface area (Å²) >= 11 is 0. The number of hydrogen-bond acceptors (Lipinski definition) is 6. The average molecular weight is 315 g/mol. The van der Waals surface area contributed by atoms with Crippen molar-refractivity contribution in [1.29, 1.82) is 0 Å². The van der Waals surface area contributed by atoms with Gasteiger partial charge in [0.1, 0.15) is 0 Å². The van der Waals surface area contributed by atoms with Crippen LogP contribution in [0.3, 0.4) is 0 Å². The van der Waals surface area contributed by atoms with E-state index in [0.29, 0.717) is 24.8 Å². The van der Waals surface area contributed by atoms with E-state index in [9.17, 15) is 4.79 Å².